The van der Waals surface area contributed by atoms with E-state index in [1.165, 1.54) is 38.7 Å². The number of amides is 4. The van der Waals surface area contributed by atoms with Gasteiger partial charge in [-0.3, -0.25) is 14.6 Å². The van der Waals surface area contributed by atoms with Crippen LogP contribution in [0.1, 0.15) is 102 Å². The van der Waals surface area contributed by atoms with Crippen LogP contribution in [-0.2, 0) is 30.9 Å². The summed E-state index contributed by atoms with van der Waals surface area (Å²) in [6.45, 7) is 11.8. The third kappa shape index (κ3) is 7.94. The largest absolute Gasteiger partial charge is 0.453 e. The van der Waals surface area contributed by atoms with Gasteiger partial charge in [0.1, 0.15) is 17.9 Å². The Bertz CT molecular complexity index is 2350. The molecule has 332 valence electrons. The maximum absolute atomic E-state index is 16.2. The van der Waals surface area contributed by atoms with E-state index >= 15 is 17.6 Å². The summed E-state index contributed by atoms with van der Waals surface area (Å²) in [6.07, 6.45) is 4.23. The van der Waals surface area contributed by atoms with Crippen LogP contribution >= 0.6 is 0 Å². The Balaban J connectivity index is 1.11. The summed E-state index contributed by atoms with van der Waals surface area (Å²) in [5.74, 6) is -9.39. The van der Waals surface area contributed by atoms with Gasteiger partial charge in [0.2, 0.25) is 11.8 Å². The van der Waals surface area contributed by atoms with Gasteiger partial charge in [0.25, 0.3) is 0 Å². The van der Waals surface area contributed by atoms with Crippen LogP contribution in [0.3, 0.4) is 0 Å². The van der Waals surface area contributed by atoms with E-state index in [2.05, 4.69) is 25.6 Å². The van der Waals surface area contributed by atoms with Gasteiger partial charge in [-0.2, -0.15) is 17.6 Å². The lowest BCUT2D eigenvalue weighted by Gasteiger charge is -2.35. The molecule has 2 saturated heterocycles. The van der Waals surface area contributed by atoms with Gasteiger partial charge in [0.05, 0.1) is 38.2 Å². The number of ether oxygens (including phenoxy) is 2. The molecule has 0 spiro atoms. The number of hydrogen-bond donors (Lipinski definition) is 3. The van der Waals surface area contributed by atoms with Crippen LogP contribution in [0.5, 0.6) is 0 Å². The zero-order chi connectivity index (χ0) is 45.1. The van der Waals surface area contributed by atoms with E-state index in [9.17, 15) is 19.2 Å². The number of H-pyrrole nitrogens is 1. The minimum Gasteiger partial charge on any atom is -0.453 e. The average molecular weight is 864 g/mol. The van der Waals surface area contributed by atoms with Crippen molar-refractivity contribution in [2.24, 2.45) is 15.8 Å². The number of carbonyl (C=O) groups is 4. The number of halogens is 4. The van der Waals surface area contributed by atoms with Crippen molar-refractivity contribution in [3.05, 3.63) is 71.3 Å². The van der Waals surface area contributed by atoms with Crippen molar-refractivity contribution >= 4 is 35.3 Å². The van der Waals surface area contributed by atoms with E-state index in [0.717, 1.165) is 12.1 Å². The molecule has 1 aromatic heterocycles. The van der Waals surface area contributed by atoms with Gasteiger partial charge in [-0.15, -0.1) is 0 Å². The molecule has 3 aromatic rings. The van der Waals surface area contributed by atoms with E-state index in [-0.39, 0.29) is 34.9 Å². The maximum Gasteiger partial charge on any atom is 0.407 e. The summed E-state index contributed by atoms with van der Waals surface area (Å²) in [6, 6.07) is 5.52. The maximum atomic E-state index is 16.2. The summed E-state index contributed by atoms with van der Waals surface area (Å²) in [7, 11) is 2.44. The van der Waals surface area contributed by atoms with Crippen LogP contribution in [0.4, 0.5) is 27.2 Å². The molecular formula is C45H53F4N7O6. The molecule has 4 aliphatic rings. The third-order valence-electron chi connectivity index (χ3n) is 12.3. The lowest BCUT2D eigenvalue weighted by molar-refractivity contribution is -0.225. The van der Waals surface area contributed by atoms with E-state index in [0.29, 0.717) is 67.1 Å². The van der Waals surface area contributed by atoms with Crippen molar-refractivity contribution in [3.8, 4) is 22.4 Å². The van der Waals surface area contributed by atoms with Crippen LogP contribution in [0.25, 0.3) is 28.0 Å². The summed E-state index contributed by atoms with van der Waals surface area (Å²) >= 11 is 0. The summed E-state index contributed by atoms with van der Waals surface area (Å²) in [4.78, 5) is 67.4. The van der Waals surface area contributed by atoms with Gasteiger partial charge in [-0.25, -0.2) is 14.6 Å². The molecule has 3 aliphatic heterocycles. The number of benzene rings is 2. The number of allylic oxidation sites excluding steroid dienone is 1. The number of alkyl halides is 4. The summed E-state index contributed by atoms with van der Waals surface area (Å²) in [5, 5.41) is 5.29. The van der Waals surface area contributed by atoms with Gasteiger partial charge in [-0.05, 0) is 70.9 Å². The number of nitrogens with one attached hydrogen (secondary N) is 3. The number of alkyl carbamates (subject to hydrolysis) is 2. The fourth-order valence-electron chi connectivity index (χ4n) is 8.94. The van der Waals surface area contributed by atoms with E-state index < -0.39 is 70.2 Å². The highest BCUT2D eigenvalue weighted by Crippen LogP contribution is 2.58. The Kier molecular flexibility index (Phi) is 11.6. The molecule has 7 rings (SSSR count). The number of aliphatic imine (C=N–C) groups is 1. The molecule has 0 saturated carbocycles. The van der Waals surface area contributed by atoms with Crippen LogP contribution in [0, 0.1) is 10.8 Å². The fraction of sp³-hybridized carbons (Fsp3) is 0.511. The topological polar surface area (TPSA) is 158 Å². The molecule has 0 unspecified atom stereocenters. The molecule has 0 bridgehead atoms. The number of hydrogen-bond acceptors (Lipinski definition) is 8. The van der Waals surface area contributed by atoms with Crippen LogP contribution in [-0.4, -0.2) is 94.9 Å². The van der Waals surface area contributed by atoms with E-state index in [1.54, 1.807) is 21.9 Å². The molecular weight excluding hydrogens is 811 g/mol. The first kappa shape index (κ1) is 44.3. The smallest absolute Gasteiger partial charge is 0.407 e. The Morgan fingerprint density at radius 1 is 0.758 bits per heavy atom. The van der Waals surface area contributed by atoms with Gasteiger partial charge in [0, 0.05) is 48.1 Å². The van der Waals surface area contributed by atoms with Crippen molar-refractivity contribution in [2.45, 2.75) is 110 Å². The second kappa shape index (κ2) is 16.2. The second-order valence-electron chi connectivity index (χ2n) is 18.6. The van der Waals surface area contributed by atoms with Crippen LogP contribution < -0.4 is 10.6 Å². The zero-order valence-corrected chi connectivity index (χ0v) is 36.1. The SMILES string of the molecule is COC(=O)N[C@H](C(=O)N1CCC[C@H]1C1=NC=C(c2ccc3c(c2)C(F)(F)C(F)(F)c2cc(-c4cnc([C@@H]5CCCN5C(=O)[C@@H](NC(=O)OC)C(C)(C)C)[nH]4)ccc2-3)C1)C(C)(C)C. The molecule has 0 radical (unpaired) electrons. The molecule has 13 nitrogen and oxygen atoms in total. The fourth-order valence-corrected chi connectivity index (χ4v) is 8.94. The zero-order valence-electron chi connectivity index (χ0n) is 36.1. The molecule has 62 heavy (non-hydrogen) atoms. The number of carbonyl (C=O) groups excluding carboxylic acids is 4. The van der Waals surface area contributed by atoms with Gasteiger partial charge in [0.15, 0.2) is 0 Å². The Labute approximate surface area is 357 Å². The van der Waals surface area contributed by atoms with Crippen LogP contribution in [0.15, 0.2) is 53.8 Å². The Morgan fingerprint density at radius 3 is 1.76 bits per heavy atom. The van der Waals surface area contributed by atoms with Crippen molar-refractivity contribution in [1.29, 1.82) is 0 Å². The molecule has 3 N–H and O–H groups in total. The normalized spacial score (nSPS) is 21.3. The van der Waals surface area contributed by atoms with Crippen LogP contribution in [0.2, 0.25) is 0 Å². The van der Waals surface area contributed by atoms with Crippen molar-refractivity contribution in [2.75, 3.05) is 27.3 Å². The quantitative estimate of drug-likeness (QED) is 0.192. The van der Waals surface area contributed by atoms with Gasteiger partial charge in [-0.1, -0.05) is 65.8 Å². The third-order valence-corrected chi connectivity index (χ3v) is 12.3. The highest BCUT2D eigenvalue weighted by atomic mass is 19.3. The second-order valence-corrected chi connectivity index (χ2v) is 18.6. The number of fused-ring (bicyclic) bond motifs is 3. The highest BCUT2D eigenvalue weighted by Gasteiger charge is 2.63. The average Bonchev–Trinajstić information content (AvgIpc) is 4.06. The standard InChI is InChI=1S/C45H53F4N7O6/c1-42(2,3)35(53-40(59)61-7)38(57)55-17-9-11-33(55)31-21-26(22-50-31)24-13-15-27-28-16-14-25(20-30(28)45(48,49)44(46,47)29(27)19-24)32-23-51-37(52-32)34-12-10-18-56(34)39(58)36(43(4,5)6)54-41(60)62-8/h13-16,19-20,22-23,33-36H,9-12,17-18,21H2,1-8H3,(H,51,52)(H,53,59)(H,54,60)/t33-,34-,35+,36+/m0/s1. The number of aromatic nitrogens is 2. The monoisotopic (exact) mass is 863 g/mol. The molecule has 4 heterocycles. The van der Waals surface area contributed by atoms with Crippen molar-refractivity contribution in [3.63, 3.8) is 0 Å². The first-order chi connectivity index (χ1) is 29.1. The molecule has 2 aromatic carbocycles. The number of rotatable bonds is 8. The molecule has 1 aliphatic carbocycles. The Morgan fingerprint density at radius 2 is 1.24 bits per heavy atom. The van der Waals surface area contributed by atoms with Crippen molar-refractivity contribution < 1.29 is 46.2 Å². The van der Waals surface area contributed by atoms with Gasteiger partial charge < -0.3 is 34.9 Å². The summed E-state index contributed by atoms with van der Waals surface area (Å²) in [5.41, 5.74) is -0.957. The lowest BCUT2D eigenvalue weighted by atomic mass is 9.78. The predicted octanol–water partition coefficient (Wildman–Crippen LogP) is 8.32. The van der Waals surface area contributed by atoms with Crippen molar-refractivity contribution in [1.82, 2.24) is 30.4 Å². The molecule has 4 atom stereocenters. The first-order valence-corrected chi connectivity index (χ1v) is 20.7. The first-order valence-electron chi connectivity index (χ1n) is 20.7. The van der Waals surface area contributed by atoms with Gasteiger partial charge >= 0.3 is 24.0 Å². The molecule has 17 heteroatoms. The van der Waals surface area contributed by atoms with E-state index in [4.69, 9.17) is 9.47 Å². The molecule has 2 fully saturated rings. The number of likely N-dealkylation sites (tertiary alicyclic amines) is 2. The number of methoxy groups -OCH3 is 2. The highest BCUT2D eigenvalue weighted by molar-refractivity contribution is 6.04. The van der Waals surface area contributed by atoms with E-state index in [1.807, 2.05) is 41.5 Å². The minimum absolute atomic E-state index is 0.0239. The number of aromatic amines is 1. The number of imidazole rings is 1. The number of nitrogens with zero attached hydrogens (tertiary/aromatic N) is 4. The Hall–Kier alpha value is -5.74. The molecule has 4 amide bonds. The predicted molar refractivity (Wildman–Crippen MR) is 223 cm³/mol. The minimum atomic E-state index is -4.59. The lowest BCUT2D eigenvalue weighted by Crippen LogP contribution is -2.56. The summed E-state index contributed by atoms with van der Waals surface area (Å²) < 4.78 is 74.3.